The number of nitrogens with zero attached hydrogens (tertiary/aromatic N) is 2. The minimum atomic E-state index is -1.32. The zero-order valence-corrected chi connectivity index (χ0v) is 17.2. The van der Waals surface area contributed by atoms with Crippen LogP contribution in [0.25, 0.3) is 5.53 Å². The van der Waals surface area contributed by atoms with Gasteiger partial charge in [-0.1, -0.05) is 13.8 Å². The standard InChI is InChI=1S/C20H25N3O6/c1-10-11(2)18(27)16(12(3)17(10)26)20(4,5)8-15(25)23-14(19(28)29)7-6-13(24)9-22-21/h9,14H,6-8H2,1-5H3,(H,23,25)(H,28,29)/t14-/m0/s1. The predicted octanol–water partition coefficient (Wildman–Crippen LogP) is 1.43. The third-order valence-corrected chi connectivity index (χ3v) is 4.98. The largest absolute Gasteiger partial charge is 0.480 e. The summed E-state index contributed by atoms with van der Waals surface area (Å²) in [6.45, 7) is 7.96. The summed E-state index contributed by atoms with van der Waals surface area (Å²) in [5, 5.41) is 11.6. The van der Waals surface area contributed by atoms with Crippen LogP contribution in [0.2, 0.25) is 0 Å². The van der Waals surface area contributed by atoms with Crippen LogP contribution in [0.15, 0.2) is 22.3 Å². The monoisotopic (exact) mass is 403 g/mol. The van der Waals surface area contributed by atoms with Crippen LogP contribution in [0.3, 0.4) is 0 Å². The lowest BCUT2D eigenvalue weighted by Crippen LogP contribution is -2.43. The van der Waals surface area contributed by atoms with Crippen molar-refractivity contribution < 1.29 is 33.9 Å². The molecule has 0 fully saturated rings. The fourth-order valence-electron chi connectivity index (χ4n) is 3.32. The van der Waals surface area contributed by atoms with Gasteiger partial charge in [-0.2, -0.15) is 4.79 Å². The van der Waals surface area contributed by atoms with E-state index in [1.54, 1.807) is 34.6 Å². The Morgan fingerprint density at radius 2 is 1.66 bits per heavy atom. The molecule has 0 bridgehead atoms. The highest BCUT2D eigenvalue weighted by molar-refractivity contribution is 6.25. The van der Waals surface area contributed by atoms with Gasteiger partial charge in [0.1, 0.15) is 6.04 Å². The molecular weight excluding hydrogens is 378 g/mol. The van der Waals surface area contributed by atoms with E-state index in [-0.39, 0.29) is 42.0 Å². The first-order valence-electron chi connectivity index (χ1n) is 9.04. The van der Waals surface area contributed by atoms with Crippen LogP contribution < -0.4 is 5.32 Å². The van der Waals surface area contributed by atoms with Crippen LogP contribution in [0, 0.1) is 5.41 Å². The van der Waals surface area contributed by atoms with Gasteiger partial charge in [0.15, 0.2) is 11.6 Å². The van der Waals surface area contributed by atoms with Crippen LogP contribution in [0.4, 0.5) is 0 Å². The quantitative estimate of drug-likeness (QED) is 0.257. The maximum Gasteiger partial charge on any atom is 0.326 e. The molecule has 0 radical (unpaired) electrons. The van der Waals surface area contributed by atoms with Crippen LogP contribution >= 0.6 is 0 Å². The molecule has 0 aromatic heterocycles. The third-order valence-electron chi connectivity index (χ3n) is 4.98. The number of carboxylic acids is 1. The van der Waals surface area contributed by atoms with E-state index in [0.29, 0.717) is 17.4 Å². The number of nitrogens with one attached hydrogen (secondary N) is 1. The first-order chi connectivity index (χ1) is 13.3. The molecule has 0 aromatic carbocycles. The lowest BCUT2D eigenvalue weighted by Gasteiger charge is -2.31. The van der Waals surface area contributed by atoms with Gasteiger partial charge < -0.3 is 16.0 Å². The molecule has 29 heavy (non-hydrogen) atoms. The molecule has 2 N–H and O–H groups in total. The van der Waals surface area contributed by atoms with Crippen molar-refractivity contribution in [3.05, 3.63) is 27.8 Å². The summed E-state index contributed by atoms with van der Waals surface area (Å²) in [7, 11) is 0. The van der Waals surface area contributed by atoms with E-state index < -0.39 is 29.1 Å². The Bertz CT molecular complexity index is 888. The second-order valence-electron chi connectivity index (χ2n) is 7.68. The first kappa shape index (κ1) is 23.8. The van der Waals surface area contributed by atoms with E-state index in [1.807, 2.05) is 0 Å². The topological polar surface area (TPSA) is 154 Å². The van der Waals surface area contributed by atoms with E-state index in [9.17, 15) is 29.1 Å². The Morgan fingerprint density at radius 1 is 1.10 bits per heavy atom. The van der Waals surface area contributed by atoms with Crippen molar-refractivity contribution in [1.82, 2.24) is 5.32 Å². The molecule has 0 unspecified atom stereocenters. The Labute approximate surface area is 168 Å². The molecule has 156 valence electrons. The molecule has 0 saturated heterocycles. The normalized spacial score (nSPS) is 15.8. The van der Waals surface area contributed by atoms with Crippen LogP contribution in [0.1, 0.15) is 53.9 Å². The number of rotatable bonds is 9. The van der Waals surface area contributed by atoms with Gasteiger partial charge in [0, 0.05) is 40.5 Å². The number of amides is 1. The molecule has 1 aliphatic rings. The number of hydrogen-bond acceptors (Lipinski definition) is 5. The Balaban J connectivity index is 2.97. The number of ketones is 3. The van der Waals surface area contributed by atoms with Crippen molar-refractivity contribution in [1.29, 1.82) is 0 Å². The van der Waals surface area contributed by atoms with E-state index in [2.05, 4.69) is 10.1 Å². The van der Waals surface area contributed by atoms with Crippen molar-refractivity contribution in [2.75, 3.05) is 0 Å². The second-order valence-corrected chi connectivity index (χ2v) is 7.68. The fraction of sp³-hybridized carbons (Fsp3) is 0.500. The third kappa shape index (κ3) is 5.65. The molecule has 0 aromatic rings. The molecule has 1 rings (SSSR count). The van der Waals surface area contributed by atoms with E-state index >= 15 is 0 Å². The maximum absolute atomic E-state index is 12.7. The number of allylic oxidation sites excluding steroid dienone is 4. The lowest BCUT2D eigenvalue weighted by molar-refractivity contribution is -0.142. The zero-order valence-electron chi connectivity index (χ0n) is 17.2. The molecule has 0 heterocycles. The molecule has 9 nitrogen and oxygen atoms in total. The van der Waals surface area contributed by atoms with Crippen molar-refractivity contribution in [2.45, 2.75) is 59.9 Å². The summed E-state index contributed by atoms with van der Waals surface area (Å²) in [5.41, 5.74) is 8.52. The molecule has 0 aliphatic heterocycles. The summed E-state index contributed by atoms with van der Waals surface area (Å²) in [6, 6.07) is -1.32. The molecule has 1 atom stereocenters. The summed E-state index contributed by atoms with van der Waals surface area (Å²) in [4.78, 5) is 62.9. The Kier molecular flexibility index (Phi) is 7.68. The molecule has 9 heteroatoms. The SMILES string of the molecule is CC1=C(C)C(=O)C(C(C)(C)CC(=O)N[C@@H](CCC(=O)C=[N+]=[N-])C(=O)O)=C(C)C1=O. The summed E-state index contributed by atoms with van der Waals surface area (Å²) in [5.74, 6) is -3.09. The smallest absolute Gasteiger partial charge is 0.326 e. The second kappa shape index (κ2) is 9.34. The number of aliphatic carboxylic acids is 1. The molecule has 1 aliphatic carbocycles. The van der Waals surface area contributed by atoms with Gasteiger partial charge in [-0.3, -0.25) is 19.2 Å². The van der Waals surface area contributed by atoms with Gasteiger partial charge >= 0.3 is 12.2 Å². The van der Waals surface area contributed by atoms with E-state index in [4.69, 9.17) is 5.53 Å². The van der Waals surface area contributed by atoms with Crippen LogP contribution in [-0.2, 0) is 24.0 Å². The van der Waals surface area contributed by atoms with Crippen LogP contribution in [-0.4, -0.2) is 51.4 Å². The highest BCUT2D eigenvalue weighted by Gasteiger charge is 2.38. The number of Topliss-reactive ketones (excluding diaryl/α,β-unsaturated/α-hetero) is 3. The van der Waals surface area contributed by atoms with Gasteiger partial charge in [-0.25, -0.2) is 4.79 Å². The predicted molar refractivity (Wildman–Crippen MR) is 103 cm³/mol. The summed E-state index contributed by atoms with van der Waals surface area (Å²) < 4.78 is 0. The van der Waals surface area contributed by atoms with Gasteiger partial charge in [0.25, 0.3) is 0 Å². The van der Waals surface area contributed by atoms with Gasteiger partial charge in [-0.05, 0) is 27.2 Å². The number of carboxylic acid groups (broad SMARTS) is 1. The molecule has 0 saturated carbocycles. The average molecular weight is 403 g/mol. The Morgan fingerprint density at radius 3 is 2.17 bits per heavy atom. The van der Waals surface area contributed by atoms with Crippen molar-refractivity contribution in [3.63, 3.8) is 0 Å². The van der Waals surface area contributed by atoms with E-state index in [0.717, 1.165) is 0 Å². The number of carbonyl (C=O) groups is 5. The van der Waals surface area contributed by atoms with Gasteiger partial charge in [0.2, 0.25) is 11.7 Å². The lowest BCUT2D eigenvalue weighted by atomic mass is 9.71. The Hall–Kier alpha value is -3.19. The van der Waals surface area contributed by atoms with Gasteiger partial charge in [0.05, 0.1) is 0 Å². The molecule has 0 spiro atoms. The fourth-order valence-corrected chi connectivity index (χ4v) is 3.32. The van der Waals surface area contributed by atoms with Crippen LogP contribution in [0.5, 0.6) is 0 Å². The summed E-state index contributed by atoms with van der Waals surface area (Å²) in [6.07, 6.45) is 0.0151. The summed E-state index contributed by atoms with van der Waals surface area (Å²) >= 11 is 0. The average Bonchev–Trinajstić information content (AvgIpc) is 2.61. The van der Waals surface area contributed by atoms with Crippen molar-refractivity contribution in [2.24, 2.45) is 5.41 Å². The minimum Gasteiger partial charge on any atom is -0.480 e. The number of hydrogen-bond donors (Lipinski definition) is 2. The van der Waals surface area contributed by atoms with Gasteiger partial charge in [-0.15, -0.1) is 0 Å². The molecule has 1 amide bonds. The van der Waals surface area contributed by atoms with E-state index in [1.165, 1.54) is 0 Å². The number of carbonyl (C=O) groups excluding carboxylic acids is 4. The first-order valence-corrected chi connectivity index (χ1v) is 9.04. The zero-order chi connectivity index (χ0) is 22.5. The highest BCUT2D eigenvalue weighted by atomic mass is 16.4. The molecular formula is C20H25N3O6. The van der Waals surface area contributed by atoms with Crippen molar-refractivity contribution >= 4 is 35.4 Å². The highest BCUT2D eigenvalue weighted by Crippen LogP contribution is 2.38. The minimum absolute atomic E-state index is 0.188. The van der Waals surface area contributed by atoms with Crippen molar-refractivity contribution in [3.8, 4) is 0 Å². The maximum atomic E-state index is 12.7.